The summed E-state index contributed by atoms with van der Waals surface area (Å²) in [5.41, 5.74) is 0.957. The highest BCUT2D eigenvalue weighted by Crippen LogP contribution is 2.23. The third kappa shape index (κ3) is 5.08. The van der Waals surface area contributed by atoms with Crippen LogP contribution in [-0.2, 0) is 16.1 Å². The van der Waals surface area contributed by atoms with Gasteiger partial charge in [0, 0.05) is 23.7 Å². The number of carbonyl (C=O) groups is 1. The van der Waals surface area contributed by atoms with E-state index in [4.69, 9.17) is 20.8 Å². The zero-order valence-corrected chi connectivity index (χ0v) is 15.3. The number of hydrogen-bond donors (Lipinski definition) is 1. The van der Waals surface area contributed by atoms with Crippen molar-refractivity contribution in [2.24, 2.45) is 0 Å². The van der Waals surface area contributed by atoms with Crippen LogP contribution >= 0.6 is 11.6 Å². The van der Waals surface area contributed by atoms with Crippen LogP contribution in [-0.4, -0.2) is 42.6 Å². The molecule has 1 aliphatic rings. The SMILES string of the molecule is C[C@@H]1CN(CC(=O)NCc2ccc(-c3ccc(Cl)cc3)o2)C[C@@H](C)O1. The minimum atomic E-state index is -0.00857. The third-order valence-electron chi connectivity index (χ3n) is 4.11. The number of carbonyl (C=O) groups excluding carboxylic acids is 1. The van der Waals surface area contributed by atoms with Crippen LogP contribution in [0.15, 0.2) is 40.8 Å². The molecule has 0 radical (unpaired) electrons. The van der Waals surface area contributed by atoms with E-state index >= 15 is 0 Å². The number of furan rings is 1. The quantitative estimate of drug-likeness (QED) is 0.886. The van der Waals surface area contributed by atoms with Crippen LogP contribution in [0.3, 0.4) is 0 Å². The first-order chi connectivity index (χ1) is 12.0. The second-order valence-corrected chi connectivity index (χ2v) is 6.94. The monoisotopic (exact) mass is 362 g/mol. The fourth-order valence-electron chi connectivity index (χ4n) is 3.10. The van der Waals surface area contributed by atoms with E-state index in [0.717, 1.165) is 30.2 Å². The molecule has 1 saturated heterocycles. The number of nitrogens with zero attached hydrogens (tertiary/aromatic N) is 1. The Morgan fingerprint density at radius 1 is 1.16 bits per heavy atom. The maximum atomic E-state index is 12.2. The number of benzene rings is 1. The third-order valence-corrected chi connectivity index (χ3v) is 4.36. The van der Waals surface area contributed by atoms with E-state index in [1.165, 1.54) is 0 Å². The summed E-state index contributed by atoms with van der Waals surface area (Å²) >= 11 is 5.90. The van der Waals surface area contributed by atoms with Gasteiger partial charge in [0.05, 0.1) is 25.3 Å². The van der Waals surface area contributed by atoms with Crippen molar-refractivity contribution >= 4 is 17.5 Å². The number of halogens is 1. The van der Waals surface area contributed by atoms with Crippen LogP contribution < -0.4 is 5.32 Å². The molecule has 6 heteroatoms. The maximum absolute atomic E-state index is 12.2. The van der Waals surface area contributed by atoms with Gasteiger partial charge in [-0.05, 0) is 50.2 Å². The summed E-state index contributed by atoms with van der Waals surface area (Å²) in [5.74, 6) is 1.48. The van der Waals surface area contributed by atoms with Crippen molar-refractivity contribution < 1.29 is 13.9 Å². The van der Waals surface area contributed by atoms with Crippen LogP contribution in [0.4, 0.5) is 0 Å². The van der Waals surface area contributed by atoms with Crippen molar-refractivity contribution in [3.8, 4) is 11.3 Å². The molecule has 1 aliphatic heterocycles. The zero-order chi connectivity index (χ0) is 17.8. The topological polar surface area (TPSA) is 54.7 Å². The van der Waals surface area contributed by atoms with E-state index in [9.17, 15) is 4.79 Å². The van der Waals surface area contributed by atoms with Gasteiger partial charge in [-0.2, -0.15) is 0 Å². The van der Waals surface area contributed by atoms with Crippen LogP contribution in [0, 0.1) is 0 Å². The van der Waals surface area contributed by atoms with Gasteiger partial charge in [0.2, 0.25) is 5.91 Å². The van der Waals surface area contributed by atoms with Crippen molar-refractivity contribution in [1.29, 1.82) is 0 Å². The lowest BCUT2D eigenvalue weighted by atomic mass is 10.2. The lowest BCUT2D eigenvalue weighted by Crippen LogP contribution is -2.49. The highest BCUT2D eigenvalue weighted by atomic mass is 35.5. The molecule has 5 nitrogen and oxygen atoms in total. The highest BCUT2D eigenvalue weighted by molar-refractivity contribution is 6.30. The minimum absolute atomic E-state index is 0.00857. The predicted molar refractivity (Wildman–Crippen MR) is 97.4 cm³/mol. The molecule has 2 heterocycles. The normalized spacial score (nSPS) is 21.2. The number of hydrogen-bond acceptors (Lipinski definition) is 4. The maximum Gasteiger partial charge on any atom is 0.234 e. The Bertz CT molecular complexity index is 704. The molecule has 2 atom stereocenters. The molecule has 25 heavy (non-hydrogen) atoms. The van der Waals surface area contributed by atoms with Gasteiger partial charge < -0.3 is 14.5 Å². The highest BCUT2D eigenvalue weighted by Gasteiger charge is 2.23. The fourth-order valence-corrected chi connectivity index (χ4v) is 3.23. The van der Waals surface area contributed by atoms with Crippen LogP contribution in [0.2, 0.25) is 5.02 Å². The fraction of sp³-hybridized carbons (Fsp3) is 0.421. The summed E-state index contributed by atoms with van der Waals surface area (Å²) in [5, 5.41) is 3.60. The zero-order valence-electron chi connectivity index (χ0n) is 14.5. The molecule has 134 valence electrons. The Morgan fingerprint density at radius 3 is 2.52 bits per heavy atom. The summed E-state index contributed by atoms with van der Waals surface area (Å²) < 4.78 is 11.5. The Hall–Kier alpha value is -1.82. The summed E-state index contributed by atoms with van der Waals surface area (Å²) in [6.45, 7) is 6.37. The van der Waals surface area contributed by atoms with Gasteiger partial charge in [0.15, 0.2) is 0 Å². The average molecular weight is 363 g/mol. The summed E-state index contributed by atoms with van der Waals surface area (Å²) in [6.07, 6.45) is 0.312. The van der Waals surface area contributed by atoms with Crippen molar-refractivity contribution in [2.75, 3.05) is 19.6 Å². The smallest absolute Gasteiger partial charge is 0.234 e. The molecule has 3 rings (SSSR count). The van der Waals surface area contributed by atoms with E-state index in [1.807, 2.05) is 50.2 Å². The number of ether oxygens (including phenoxy) is 1. The van der Waals surface area contributed by atoms with Crippen LogP contribution in [0.25, 0.3) is 11.3 Å². The minimum Gasteiger partial charge on any atom is -0.459 e. The number of amides is 1. The predicted octanol–water partition coefficient (Wildman–Crippen LogP) is 3.33. The molecular weight excluding hydrogens is 340 g/mol. The average Bonchev–Trinajstić information content (AvgIpc) is 3.01. The van der Waals surface area contributed by atoms with Gasteiger partial charge in [0.25, 0.3) is 0 Å². The van der Waals surface area contributed by atoms with Gasteiger partial charge >= 0.3 is 0 Å². The summed E-state index contributed by atoms with van der Waals surface area (Å²) in [7, 11) is 0. The molecule has 1 aromatic carbocycles. The molecule has 1 N–H and O–H groups in total. The lowest BCUT2D eigenvalue weighted by molar-refractivity contribution is -0.126. The van der Waals surface area contributed by atoms with Gasteiger partial charge in [-0.1, -0.05) is 11.6 Å². The van der Waals surface area contributed by atoms with E-state index in [-0.39, 0.29) is 18.1 Å². The molecule has 0 saturated carbocycles. The standard InChI is InChI=1S/C19H23ClN2O3/c1-13-10-22(11-14(2)24-13)12-19(23)21-9-17-7-8-18(25-17)15-3-5-16(20)6-4-15/h3-8,13-14H,9-12H2,1-2H3,(H,21,23)/t13-,14-/m1/s1. The molecule has 0 bridgehead atoms. The van der Waals surface area contributed by atoms with Gasteiger partial charge in [0.1, 0.15) is 11.5 Å². The number of rotatable bonds is 5. The Balaban J connectivity index is 1.50. The molecule has 1 aromatic heterocycles. The second kappa shape index (κ2) is 8.04. The van der Waals surface area contributed by atoms with Crippen LogP contribution in [0.5, 0.6) is 0 Å². The largest absolute Gasteiger partial charge is 0.459 e. The lowest BCUT2D eigenvalue weighted by Gasteiger charge is -2.34. The number of morpholine rings is 1. The van der Waals surface area contributed by atoms with Crippen molar-refractivity contribution in [3.05, 3.63) is 47.2 Å². The van der Waals surface area contributed by atoms with Gasteiger partial charge in [-0.25, -0.2) is 0 Å². The van der Waals surface area contributed by atoms with Crippen molar-refractivity contribution in [1.82, 2.24) is 10.2 Å². The Morgan fingerprint density at radius 2 is 1.84 bits per heavy atom. The van der Waals surface area contributed by atoms with Gasteiger partial charge in [-0.3, -0.25) is 9.69 Å². The molecule has 1 amide bonds. The molecule has 0 aliphatic carbocycles. The summed E-state index contributed by atoms with van der Waals surface area (Å²) in [4.78, 5) is 14.3. The molecule has 0 unspecified atom stereocenters. The van der Waals surface area contributed by atoms with Gasteiger partial charge in [-0.15, -0.1) is 0 Å². The van der Waals surface area contributed by atoms with E-state index in [2.05, 4.69) is 10.2 Å². The van der Waals surface area contributed by atoms with Crippen LogP contribution in [0.1, 0.15) is 19.6 Å². The first-order valence-electron chi connectivity index (χ1n) is 8.49. The Labute approximate surface area is 152 Å². The molecular formula is C19H23ClN2O3. The second-order valence-electron chi connectivity index (χ2n) is 6.50. The first kappa shape index (κ1) is 18.0. The Kier molecular flexibility index (Phi) is 5.78. The van der Waals surface area contributed by atoms with Crippen molar-refractivity contribution in [2.45, 2.75) is 32.6 Å². The number of nitrogens with one attached hydrogen (secondary N) is 1. The van der Waals surface area contributed by atoms with Crippen molar-refractivity contribution in [3.63, 3.8) is 0 Å². The molecule has 0 spiro atoms. The molecule has 1 fully saturated rings. The molecule has 2 aromatic rings. The first-order valence-corrected chi connectivity index (χ1v) is 8.86. The summed E-state index contributed by atoms with van der Waals surface area (Å²) in [6, 6.07) is 11.2. The van der Waals surface area contributed by atoms with E-state index in [1.54, 1.807) is 0 Å². The van der Waals surface area contributed by atoms with E-state index in [0.29, 0.717) is 18.1 Å². The van der Waals surface area contributed by atoms with E-state index < -0.39 is 0 Å².